The van der Waals surface area contributed by atoms with E-state index in [-0.39, 0.29) is 17.9 Å². The summed E-state index contributed by atoms with van der Waals surface area (Å²) in [4.78, 5) is 7.09. The van der Waals surface area contributed by atoms with E-state index in [1.165, 1.54) is 6.07 Å². The quantitative estimate of drug-likeness (QED) is 0.463. The van der Waals surface area contributed by atoms with Crippen LogP contribution in [0.4, 0.5) is 4.39 Å². The van der Waals surface area contributed by atoms with Crippen LogP contribution >= 0.6 is 0 Å². The van der Waals surface area contributed by atoms with Crippen molar-refractivity contribution in [1.82, 2.24) is 24.5 Å². The van der Waals surface area contributed by atoms with E-state index in [0.717, 1.165) is 37.3 Å². The molecule has 172 valence electrons. The van der Waals surface area contributed by atoms with Gasteiger partial charge in [0.2, 0.25) is 0 Å². The van der Waals surface area contributed by atoms with Crippen molar-refractivity contribution in [2.45, 2.75) is 32.0 Å². The van der Waals surface area contributed by atoms with Gasteiger partial charge < -0.3 is 15.2 Å². The van der Waals surface area contributed by atoms with E-state index in [1.54, 1.807) is 13.2 Å². The molecular weight excluding hydrogens is 423 g/mol. The standard InChI is InChI=1S/C24H27FN6O2/c1-15(14-32-2)33-22-10-21-17(9-19(22)25)4-5-20(27-21)24-29-28-23-6-3-16(12-31(23)24)11-30-8-7-18(26)13-30/h3-6,9-10,12,15,18H,7-8,11,13-14,26H2,1-2H3. The molecule has 1 saturated heterocycles. The van der Waals surface area contributed by atoms with Crippen molar-refractivity contribution in [3.05, 3.63) is 54.0 Å². The van der Waals surface area contributed by atoms with Gasteiger partial charge in [-0.3, -0.25) is 9.30 Å². The summed E-state index contributed by atoms with van der Waals surface area (Å²) in [7, 11) is 1.58. The average Bonchev–Trinajstić information content (AvgIpc) is 3.40. The third kappa shape index (κ3) is 4.52. The van der Waals surface area contributed by atoms with E-state index < -0.39 is 5.82 Å². The molecule has 0 bridgehead atoms. The largest absolute Gasteiger partial charge is 0.485 e. The lowest BCUT2D eigenvalue weighted by Crippen LogP contribution is -2.26. The van der Waals surface area contributed by atoms with Crippen LogP contribution in [0.15, 0.2) is 42.6 Å². The minimum atomic E-state index is -0.431. The Kier molecular flexibility index (Phi) is 5.92. The second-order valence-corrected chi connectivity index (χ2v) is 8.63. The van der Waals surface area contributed by atoms with Crippen molar-refractivity contribution in [2.24, 2.45) is 5.73 Å². The van der Waals surface area contributed by atoms with Crippen LogP contribution in [0, 0.1) is 5.82 Å². The molecule has 0 saturated carbocycles. The molecule has 0 aliphatic carbocycles. The number of nitrogens with two attached hydrogens (primary N) is 1. The lowest BCUT2D eigenvalue weighted by molar-refractivity contribution is 0.0894. The van der Waals surface area contributed by atoms with Crippen LogP contribution in [0.3, 0.4) is 0 Å². The van der Waals surface area contributed by atoms with Gasteiger partial charge in [0.1, 0.15) is 11.8 Å². The Bertz CT molecular complexity index is 1290. The molecule has 1 aliphatic heterocycles. The number of benzene rings is 1. The Hall–Kier alpha value is -3.14. The molecule has 1 aliphatic rings. The average molecular weight is 451 g/mol. The highest BCUT2D eigenvalue weighted by molar-refractivity contribution is 5.82. The molecule has 8 nitrogen and oxygen atoms in total. The highest BCUT2D eigenvalue weighted by Crippen LogP contribution is 2.27. The summed E-state index contributed by atoms with van der Waals surface area (Å²) < 4.78 is 27.2. The molecule has 4 aromatic rings. The number of hydrogen-bond donors (Lipinski definition) is 1. The van der Waals surface area contributed by atoms with Gasteiger partial charge in [-0.25, -0.2) is 9.37 Å². The minimum absolute atomic E-state index is 0.147. The monoisotopic (exact) mass is 450 g/mol. The Balaban J connectivity index is 1.48. The molecule has 0 spiro atoms. The summed E-state index contributed by atoms with van der Waals surface area (Å²) in [6, 6.07) is 11.0. The zero-order valence-corrected chi connectivity index (χ0v) is 18.7. The van der Waals surface area contributed by atoms with Crippen LogP contribution < -0.4 is 10.5 Å². The van der Waals surface area contributed by atoms with Gasteiger partial charge in [-0.2, -0.15) is 0 Å². The number of hydrogen-bond acceptors (Lipinski definition) is 7. The lowest BCUT2D eigenvalue weighted by Gasteiger charge is -2.15. The molecule has 3 aromatic heterocycles. The van der Waals surface area contributed by atoms with Crippen LogP contribution in [-0.2, 0) is 11.3 Å². The summed E-state index contributed by atoms with van der Waals surface area (Å²) in [5.74, 6) is 0.347. The van der Waals surface area contributed by atoms with Crippen molar-refractivity contribution in [2.75, 3.05) is 26.8 Å². The number of ether oxygens (including phenoxy) is 2. The van der Waals surface area contributed by atoms with Gasteiger partial charge in [0, 0.05) is 50.4 Å². The van der Waals surface area contributed by atoms with E-state index in [2.05, 4.69) is 21.2 Å². The molecule has 4 heterocycles. The van der Waals surface area contributed by atoms with Gasteiger partial charge >= 0.3 is 0 Å². The first-order valence-corrected chi connectivity index (χ1v) is 11.1. The molecule has 2 N–H and O–H groups in total. The number of aromatic nitrogens is 4. The van der Waals surface area contributed by atoms with Crippen molar-refractivity contribution in [3.63, 3.8) is 0 Å². The summed E-state index contributed by atoms with van der Waals surface area (Å²) in [5.41, 5.74) is 9.21. The molecule has 2 unspecified atom stereocenters. The SMILES string of the molecule is COCC(C)Oc1cc2nc(-c3nnc4ccc(CN5CCC(N)C5)cn34)ccc2cc1F. The maximum absolute atomic E-state index is 14.5. The summed E-state index contributed by atoms with van der Waals surface area (Å²) in [5, 5.41) is 9.34. The normalized spacial score (nSPS) is 17.8. The van der Waals surface area contributed by atoms with E-state index in [1.807, 2.05) is 35.7 Å². The number of pyridine rings is 2. The highest BCUT2D eigenvalue weighted by Gasteiger charge is 2.20. The number of likely N-dealkylation sites (tertiary alicyclic amines) is 1. The van der Waals surface area contributed by atoms with Crippen LogP contribution in [0.5, 0.6) is 5.75 Å². The van der Waals surface area contributed by atoms with Gasteiger partial charge in [0.15, 0.2) is 23.0 Å². The van der Waals surface area contributed by atoms with Crippen molar-refractivity contribution >= 4 is 16.6 Å². The van der Waals surface area contributed by atoms with Crippen molar-refractivity contribution < 1.29 is 13.9 Å². The minimum Gasteiger partial charge on any atom is -0.485 e. The molecule has 0 amide bonds. The van der Waals surface area contributed by atoms with E-state index in [0.29, 0.717) is 29.0 Å². The first kappa shape index (κ1) is 21.7. The maximum Gasteiger partial charge on any atom is 0.187 e. The Morgan fingerprint density at radius 1 is 1.21 bits per heavy atom. The summed E-state index contributed by atoms with van der Waals surface area (Å²) in [6.07, 6.45) is 2.79. The Labute approximate surface area is 191 Å². The Morgan fingerprint density at radius 2 is 2.09 bits per heavy atom. The zero-order valence-electron chi connectivity index (χ0n) is 18.7. The third-order valence-electron chi connectivity index (χ3n) is 5.88. The number of fused-ring (bicyclic) bond motifs is 2. The van der Waals surface area contributed by atoms with Crippen LogP contribution in [0.25, 0.3) is 28.1 Å². The predicted molar refractivity (Wildman–Crippen MR) is 124 cm³/mol. The van der Waals surface area contributed by atoms with Gasteiger partial charge in [0.05, 0.1) is 12.1 Å². The second kappa shape index (κ2) is 9.01. The predicted octanol–water partition coefficient (Wildman–Crippen LogP) is 3.03. The molecule has 0 radical (unpaired) electrons. The molecule has 2 atom stereocenters. The van der Waals surface area contributed by atoms with Crippen LogP contribution in [0.2, 0.25) is 0 Å². The fraction of sp³-hybridized carbons (Fsp3) is 0.375. The smallest absolute Gasteiger partial charge is 0.187 e. The third-order valence-corrected chi connectivity index (χ3v) is 5.88. The van der Waals surface area contributed by atoms with Crippen molar-refractivity contribution in [1.29, 1.82) is 0 Å². The number of methoxy groups -OCH3 is 1. The molecule has 33 heavy (non-hydrogen) atoms. The van der Waals surface area contributed by atoms with Gasteiger partial charge in [-0.1, -0.05) is 12.1 Å². The molecule has 1 aromatic carbocycles. The highest BCUT2D eigenvalue weighted by atomic mass is 19.1. The molecule has 9 heteroatoms. The second-order valence-electron chi connectivity index (χ2n) is 8.63. The number of rotatable bonds is 7. The first-order chi connectivity index (χ1) is 16.0. The maximum atomic E-state index is 14.5. The van der Waals surface area contributed by atoms with E-state index in [4.69, 9.17) is 20.2 Å². The first-order valence-electron chi connectivity index (χ1n) is 11.1. The fourth-order valence-electron chi connectivity index (χ4n) is 4.29. The fourth-order valence-corrected chi connectivity index (χ4v) is 4.29. The molecule has 1 fully saturated rings. The lowest BCUT2D eigenvalue weighted by atomic mass is 10.1. The molecular formula is C24H27FN6O2. The number of nitrogens with zero attached hydrogens (tertiary/aromatic N) is 5. The topological polar surface area (TPSA) is 90.8 Å². The van der Waals surface area contributed by atoms with Crippen LogP contribution in [-0.4, -0.2) is 63.4 Å². The Morgan fingerprint density at radius 3 is 2.88 bits per heavy atom. The molecule has 5 rings (SSSR count). The van der Waals surface area contributed by atoms with Gasteiger partial charge in [0.25, 0.3) is 0 Å². The van der Waals surface area contributed by atoms with E-state index >= 15 is 0 Å². The zero-order chi connectivity index (χ0) is 22.9. The number of halogens is 1. The van der Waals surface area contributed by atoms with Gasteiger partial charge in [-0.05, 0) is 37.1 Å². The van der Waals surface area contributed by atoms with E-state index in [9.17, 15) is 4.39 Å². The summed E-state index contributed by atoms with van der Waals surface area (Å²) >= 11 is 0. The van der Waals surface area contributed by atoms with Gasteiger partial charge in [-0.15, -0.1) is 10.2 Å². The van der Waals surface area contributed by atoms with Crippen LogP contribution in [0.1, 0.15) is 18.9 Å². The summed E-state index contributed by atoms with van der Waals surface area (Å²) in [6.45, 7) is 4.93. The van der Waals surface area contributed by atoms with Crippen molar-refractivity contribution in [3.8, 4) is 17.3 Å².